The Morgan fingerprint density at radius 2 is 1.95 bits per heavy atom. The Balaban J connectivity index is 2.97. The van der Waals surface area contributed by atoms with Crippen LogP contribution in [0.15, 0.2) is 12.2 Å². The average molecular weight is 311 g/mol. The number of ether oxygens (including phenoxy) is 1. The van der Waals surface area contributed by atoms with Crippen LogP contribution in [0.3, 0.4) is 0 Å². The number of amides is 1. The maximum Gasteiger partial charge on any atom is 0.341 e. The van der Waals surface area contributed by atoms with E-state index < -0.39 is 17.8 Å². The normalized spacial score (nSPS) is 10.6. The molecule has 1 rings (SSSR count). The molecular formula is C14H17NO5S. The Hall–Kier alpha value is -2.15. The summed E-state index contributed by atoms with van der Waals surface area (Å²) >= 11 is 1.25. The van der Waals surface area contributed by atoms with Gasteiger partial charge in [-0.1, -0.05) is 6.92 Å². The number of rotatable bonds is 6. The molecule has 1 aromatic rings. The molecule has 0 aromatic carbocycles. The van der Waals surface area contributed by atoms with Crippen molar-refractivity contribution in [2.45, 2.75) is 27.2 Å². The van der Waals surface area contributed by atoms with Gasteiger partial charge in [0.2, 0.25) is 5.91 Å². The second-order valence-corrected chi connectivity index (χ2v) is 5.51. The fraction of sp³-hybridized carbons (Fsp3) is 0.357. The Morgan fingerprint density at radius 3 is 2.52 bits per heavy atom. The molecule has 0 spiro atoms. The standard InChI is InChI=1S/C14H17NO5S/c1-4-7-20-14(19)12-8(2)9(3)21-13(12)15-10(16)5-6-11(17)18/h5-6H,4,7H2,1-3H3,(H,15,16)(H,17,18)/b6-5-. The number of esters is 1. The van der Waals surface area contributed by atoms with Gasteiger partial charge in [-0.2, -0.15) is 0 Å². The minimum absolute atomic E-state index is 0.305. The maximum absolute atomic E-state index is 12.0. The van der Waals surface area contributed by atoms with Gasteiger partial charge in [0.25, 0.3) is 0 Å². The number of anilines is 1. The summed E-state index contributed by atoms with van der Waals surface area (Å²) in [4.78, 5) is 34.9. The molecular weight excluding hydrogens is 294 g/mol. The van der Waals surface area contributed by atoms with Crippen molar-refractivity contribution in [1.29, 1.82) is 0 Å². The number of carboxylic acids is 1. The van der Waals surface area contributed by atoms with Crippen LogP contribution in [-0.2, 0) is 14.3 Å². The Bertz CT molecular complexity index is 588. The second-order valence-electron chi connectivity index (χ2n) is 4.28. The summed E-state index contributed by atoms with van der Waals surface area (Å²) in [6.07, 6.45) is 2.34. The zero-order chi connectivity index (χ0) is 16.0. The van der Waals surface area contributed by atoms with Gasteiger partial charge in [0, 0.05) is 17.0 Å². The van der Waals surface area contributed by atoms with Gasteiger partial charge in [-0.05, 0) is 25.8 Å². The molecule has 0 unspecified atom stereocenters. The minimum Gasteiger partial charge on any atom is -0.478 e. The van der Waals surface area contributed by atoms with Crippen molar-refractivity contribution in [3.63, 3.8) is 0 Å². The van der Waals surface area contributed by atoms with Crippen molar-refractivity contribution in [3.8, 4) is 0 Å². The number of aliphatic carboxylic acids is 1. The smallest absolute Gasteiger partial charge is 0.341 e. The predicted octanol–water partition coefficient (Wildman–Crippen LogP) is 2.51. The van der Waals surface area contributed by atoms with Gasteiger partial charge in [0.05, 0.1) is 12.2 Å². The lowest BCUT2D eigenvalue weighted by atomic mass is 10.1. The van der Waals surface area contributed by atoms with Crippen molar-refractivity contribution < 1.29 is 24.2 Å². The number of hydrogen-bond acceptors (Lipinski definition) is 5. The van der Waals surface area contributed by atoms with Crippen molar-refractivity contribution in [2.75, 3.05) is 11.9 Å². The highest BCUT2D eigenvalue weighted by atomic mass is 32.1. The third kappa shape index (κ3) is 4.71. The van der Waals surface area contributed by atoms with Crippen LogP contribution in [0.5, 0.6) is 0 Å². The monoisotopic (exact) mass is 311 g/mol. The molecule has 0 atom stereocenters. The van der Waals surface area contributed by atoms with Gasteiger partial charge in [0.1, 0.15) is 5.00 Å². The van der Waals surface area contributed by atoms with Gasteiger partial charge in [-0.25, -0.2) is 9.59 Å². The van der Waals surface area contributed by atoms with E-state index >= 15 is 0 Å². The predicted molar refractivity (Wildman–Crippen MR) is 79.8 cm³/mol. The number of carboxylic acid groups (broad SMARTS) is 1. The molecule has 114 valence electrons. The van der Waals surface area contributed by atoms with E-state index in [9.17, 15) is 14.4 Å². The third-order valence-corrected chi connectivity index (χ3v) is 3.76. The van der Waals surface area contributed by atoms with Gasteiger partial charge >= 0.3 is 11.9 Å². The zero-order valence-electron chi connectivity index (χ0n) is 12.1. The van der Waals surface area contributed by atoms with E-state index in [-0.39, 0.29) is 0 Å². The van der Waals surface area contributed by atoms with Crippen LogP contribution in [0.1, 0.15) is 34.1 Å². The summed E-state index contributed by atoms with van der Waals surface area (Å²) in [5.74, 6) is -2.31. The summed E-state index contributed by atoms with van der Waals surface area (Å²) in [7, 11) is 0. The number of thiophene rings is 1. The lowest BCUT2D eigenvalue weighted by molar-refractivity contribution is -0.131. The van der Waals surface area contributed by atoms with E-state index in [4.69, 9.17) is 9.84 Å². The number of aryl methyl sites for hydroxylation is 1. The molecule has 7 heteroatoms. The summed E-state index contributed by atoms with van der Waals surface area (Å²) in [5.41, 5.74) is 1.07. The Kier molecular flexibility index (Phi) is 6.10. The second kappa shape index (κ2) is 7.58. The highest BCUT2D eigenvalue weighted by molar-refractivity contribution is 7.16. The number of hydrogen-bond donors (Lipinski definition) is 2. The van der Waals surface area contributed by atoms with Crippen LogP contribution >= 0.6 is 11.3 Å². The molecule has 0 saturated carbocycles. The van der Waals surface area contributed by atoms with Crippen LogP contribution < -0.4 is 5.32 Å². The molecule has 1 aromatic heterocycles. The number of carbonyl (C=O) groups is 3. The quantitative estimate of drug-likeness (QED) is 0.622. The molecule has 0 aliphatic rings. The SMILES string of the molecule is CCCOC(=O)c1c(NC(=O)/C=C\C(=O)O)sc(C)c1C. The first-order valence-electron chi connectivity index (χ1n) is 6.35. The van der Waals surface area contributed by atoms with Crippen LogP contribution in [-0.4, -0.2) is 29.6 Å². The van der Waals surface area contributed by atoms with Crippen LogP contribution in [0.2, 0.25) is 0 Å². The fourth-order valence-electron chi connectivity index (χ4n) is 1.53. The molecule has 1 amide bonds. The fourth-order valence-corrected chi connectivity index (χ4v) is 2.58. The summed E-state index contributed by atoms with van der Waals surface area (Å²) < 4.78 is 5.10. The van der Waals surface area contributed by atoms with Gasteiger partial charge < -0.3 is 15.2 Å². The molecule has 21 heavy (non-hydrogen) atoms. The average Bonchev–Trinajstić information content (AvgIpc) is 2.69. The van der Waals surface area contributed by atoms with Crippen molar-refractivity contribution in [3.05, 3.63) is 28.2 Å². The number of nitrogens with one attached hydrogen (secondary N) is 1. The van der Waals surface area contributed by atoms with E-state index in [1.54, 1.807) is 6.92 Å². The zero-order valence-corrected chi connectivity index (χ0v) is 12.9. The number of carbonyl (C=O) groups excluding carboxylic acids is 2. The van der Waals surface area contributed by atoms with Crippen molar-refractivity contribution in [2.24, 2.45) is 0 Å². The lowest BCUT2D eigenvalue weighted by Gasteiger charge is -2.06. The van der Waals surface area contributed by atoms with Crippen molar-refractivity contribution >= 4 is 34.2 Å². The highest BCUT2D eigenvalue weighted by Gasteiger charge is 2.21. The summed E-state index contributed by atoms with van der Waals surface area (Å²) in [6.45, 7) is 5.80. The largest absolute Gasteiger partial charge is 0.478 e. The highest BCUT2D eigenvalue weighted by Crippen LogP contribution is 2.33. The minimum atomic E-state index is -1.22. The molecule has 0 bridgehead atoms. The molecule has 0 fully saturated rings. The van der Waals surface area contributed by atoms with Crippen LogP contribution in [0, 0.1) is 13.8 Å². The first-order valence-corrected chi connectivity index (χ1v) is 7.17. The molecule has 6 nitrogen and oxygen atoms in total. The molecule has 0 saturated heterocycles. The third-order valence-electron chi connectivity index (χ3n) is 2.64. The molecule has 2 N–H and O–H groups in total. The van der Waals surface area contributed by atoms with Crippen LogP contribution in [0.25, 0.3) is 0 Å². The van der Waals surface area contributed by atoms with E-state index in [2.05, 4.69) is 5.32 Å². The van der Waals surface area contributed by atoms with Crippen molar-refractivity contribution in [1.82, 2.24) is 0 Å². The van der Waals surface area contributed by atoms with Gasteiger partial charge in [-0.3, -0.25) is 4.79 Å². The molecule has 1 heterocycles. The first kappa shape index (κ1) is 16.9. The molecule has 0 aliphatic carbocycles. The maximum atomic E-state index is 12.0. The topological polar surface area (TPSA) is 92.7 Å². The lowest BCUT2D eigenvalue weighted by Crippen LogP contribution is -2.13. The summed E-state index contributed by atoms with van der Waals surface area (Å²) in [6, 6.07) is 0. The van der Waals surface area contributed by atoms with Gasteiger partial charge in [-0.15, -0.1) is 11.3 Å². The Labute approximate surface area is 126 Å². The van der Waals surface area contributed by atoms with Crippen LogP contribution in [0.4, 0.5) is 5.00 Å². The Morgan fingerprint density at radius 1 is 1.29 bits per heavy atom. The van der Waals surface area contributed by atoms with E-state index in [1.807, 2.05) is 13.8 Å². The summed E-state index contributed by atoms with van der Waals surface area (Å²) in [5, 5.41) is 11.4. The first-order chi connectivity index (χ1) is 9.86. The van der Waals surface area contributed by atoms with E-state index in [0.29, 0.717) is 23.6 Å². The molecule has 0 radical (unpaired) electrons. The van der Waals surface area contributed by atoms with Gasteiger partial charge in [0.15, 0.2) is 0 Å². The molecule has 0 aliphatic heterocycles. The van der Waals surface area contributed by atoms with E-state index in [1.165, 1.54) is 11.3 Å². The van der Waals surface area contributed by atoms with E-state index in [0.717, 1.165) is 22.6 Å².